The van der Waals surface area contributed by atoms with Crippen LogP contribution in [-0.2, 0) is 5.41 Å². The Balaban J connectivity index is 2.50. The van der Waals surface area contributed by atoms with Crippen LogP contribution < -0.4 is 4.90 Å². The molecule has 0 N–H and O–H groups in total. The maximum atomic E-state index is 13.5. The number of anilines is 2. The Hall–Kier alpha value is -1.49. The number of aromatic nitrogens is 2. The number of halogens is 2. The van der Waals surface area contributed by atoms with Crippen LogP contribution in [-0.4, -0.2) is 16.5 Å². The van der Waals surface area contributed by atoms with E-state index in [1.807, 2.05) is 24.0 Å². The van der Waals surface area contributed by atoms with Crippen LogP contribution in [0.4, 0.5) is 15.9 Å². The molecule has 0 aliphatic heterocycles. The lowest BCUT2D eigenvalue weighted by Crippen LogP contribution is -2.22. The van der Waals surface area contributed by atoms with Crippen LogP contribution in [0.25, 0.3) is 0 Å². The van der Waals surface area contributed by atoms with E-state index >= 15 is 0 Å². The SMILES string of the molecule is CCN(c1cccc(F)c1)c1cc(Br)nc(C(C)(C)C)n1. The van der Waals surface area contributed by atoms with Crippen LogP contribution in [0, 0.1) is 5.82 Å². The average molecular weight is 352 g/mol. The van der Waals surface area contributed by atoms with Crippen LogP contribution in [0.3, 0.4) is 0 Å². The molecule has 0 fully saturated rings. The Morgan fingerprint density at radius 2 is 1.90 bits per heavy atom. The molecule has 0 saturated carbocycles. The van der Waals surface area contributed by atoms with E-state index in [0.29, 0.717) is 6.54 Å². The third-order valence-corrected chi connectivity index (χ3v) is 3.47. The second-order valence-electron chi connectivity index (χ2n) is 5.85. The molecule has 0 aliphatic rings. The summed E-state index contributed by atoms with van der Waals surface area (Å²) in [5, 5.41) is 0. The lowest BCUT2D eigenvalue weighted by molar-refractivity contribution is 0.543. The lowest BCUT2D eigenvalue weighted by atomic mass is 9.96. The van der Waals surface area contributed by atoms with Crippen molar-refractivity contribution in [2.75, 3.05) is 11.4 Å². The summed E-state index contributed by atoms with van der Waals surface area (Å²) in [5.41, 5.74) is 0.628. The molecule has 1 heterocycles. The number of benzene rings is 1. The van der Waals surface area contributed by atoms with E-state index in [4.69, 9.17) is 0 Å². The van der Waals surface area contributed by atoms with E-state index < -0.39 is 0 Å². The summed E-state index contributed by atoms with van der Waals surface area (Å²) in [7, 11) is 0. The second kappa shape index (κ2) is 6.10. The summed E-state index contributed by atoms with van der Waals surface area (Å²) in [4.78, 5) is 11.0. The topological polar surface area (TPSA) is 29.0 Å². The van der Waals surface area contributed by atoms with Gasteiger partial charge >= 0.3 is 0 Å². The quantitative estimate of drug-likeness (QED) is 0.741. The van der Waals surface area contributed by atoms with E-state index in [9.17, 15) is 4.39 Å². The zero-order chi connectivity index (χ0) is 15.6. The van der Waals surface area contributed by atoms with Gasteiger partial charge in [0.25, 0.3) is 0 Å². The zero-order valence-electron chi connectivity index (χ0n) is 12.7. The third-order valence-electron chi connectivity index (χ3n) is 3.06. The van der Waals surface area contributed by atoms with E-state index in [1.165, 1.54) is 12.1 Å². The predicted molar refractivity (Wildman–Crippen MR) is 87.5 cm³/mol. The van der Waals surface area contributed by atoms with Crippen molar-refractivity contribution >= 4 is 27.4 Å². The van der Waals surface area contributed by atoms with Crippen LogP contribution >= 0.6 is 15.9 Å². The Kier molecular flexibility index (Phi) is 4.61. The maximum Gasteiger partial charge on any atom is 0.137 e. The number of rotatable bonds is 3. The largest absolute Gasteiger partial charge is 0.326 e. The van der Waals surface area contributed by atoms with Crippen molar-refractivity contribution in [2.45, 2.75) is 33.1 Å². The van der Waals surface area contributed by atoms with Gasteiger partial charge in [0, 0.05) is 23.7 Å². The van der Waals surface area contributed by atoms with E-state index in [-0.39, 0.29) is 11.2 Å². The molecule has 0 saturated heterocycles. The smallest absolute Gasteiger partial charge is 0.137 e. The first-order valence-electron chi connectivity index (χ1n) is 6.89. The molecular formula is C16H19BrFN3. The first kappa shape index (κ1) is 15.9. The summed E-state index contributed by atoms with van der Waals surface area (Å²) in [6.45, 7) is 8.90. The summed E-state index contributed by atoms with van der Waals surface area (Å²) in [6, 6.07) is 8.38. The van der Waals surface area contributed by atoms with Gasteiger partial charge in [-0.3, -0.25) is 0 Å². The van der Waals surface area contributed by atoms with Crippen LogP contribution in [0.15, 0.2) is 34.9 Å². The van der Waals surface area contributed by atoms with Crippen molar-refractivity contribution in [3.05, 3.63) is 46.6 Å². The molecule has 0 radical (unpaired) electrons. The van der Waals surface area contributed by atoms with E-state index in [0.717, 1.165) is 21.9 Å². The summed E-state index contributed by atoms with van der Waals surface area (Å²) in [6.07, 6.45) is 0. The Morgan fingerprint density at radius 1 is 1.19 bits per heavy atom. The molecule has 3 nitrogen and oxygen atoms in total. The highest BCUT2D eigenvalue weighted by Gasteiger charge is 2.20. The Bertz CT molecular complexity index is 638. The van der Waals surface area contributed by atoms with Crippen molar-refractivity contribution in [1.82, 2.24) is 9.97 Å². The number of hydrogen-bond acceptors (Lipinski definition) is 3. The molecule has 1 aromatic carbocycles. The molecule has 2 rings (SSSR count). The van der Waals surface area contributed by atoms with Crippen LogP contribution in [0.5, 0.6) is 0 Å². The van der Waals surface area contributed by atoms with Gasteiger partial charge in [-0.1, -0.05) is 26.8 Å². The van der Waals surface area contributed by atoms with Crippen molar-refractivity contribution in [2.24, 2.45) is 0 Å². The van der Waals surface area contributed by atoms with Gasteiger partial charge in [-0.2, -0.15) is 0 Å². The van der Waals surface area contributed by atoms with Gasteiger partial charge in [0.1, 0.15) is 22.1 Å². The normalized spacial score (nSPS) is 11.5. The van der Waals surface area contributed by atoms with Gasteiger partial charge in [0.05, 0.1) is 0 Å². The monoisotopic (exact) mass is 351 g/mol. The van der Waals surface area contributed by atoms with Crippen molar-refractivity contribution in [3.8, 4) is 0 Å². The second-order valence-corrected chi connectivity index (χ2v) is 6.66. The number of nitrogens with zero attached hydrogens (tertiary/aromatic N) is 3. The third kappa shape index (κ3) is 3.79. The minimum atomic E-state index is -0.255. The van der Waals surface area contributed by atoms with Gasteiger partial charge in [0.2, 0.25) is 0 Å². The fourth-order valence-electron chi connectivity index (χ4n) is 2.00. The lowest BCUT2D eigenvalue weighted by Gasteiger charge is -2.25. The molecule has 1 aromatic heterocycles. The van der Waals surface area contributed by atoms with Crippen LogP contribution in [0.2, 0.25) is 0 Å². The average Bonchev–Trinajstić information content (AvgIpc) is 2.38. The molecule has 0 spiro atoms. The van der Waals surface area contributed by atoms with E-state index in [1.54, 1.807) is 6.07 Å². The molecule has 0 aliphatic carbocycles. The summed E-state index contributed by atoms with van der Waals surface area (Å²) < 4.78 is 14.2. The highest BCUT2D eigenvalue weighted by Crippen LogP contribution is 2.28. The van der Waals surface area contributed by atoms with Crippen molar-refractivity contribution in [1.29, 1.82) is 0 Å². The molecule has 5 heteroatoms. The summed E-state index contributed by atoms with van der Waals surface area (Å²) >= 11 is 3.44. The number of hydrogen-bond donors (Lipinski definition) is 0. The minimum absolute atomic E-state index is 0.153. The first-order valence-corrected chi connectivity index (χ1v) is 7.68. The molecule has 21 heavy (non-hydrogen) atoms. The molecule has 112 valence electrons. The van der Waals surface area contributed by atoms with Gasteiger partial charge in [-0.25, -0.2) is 14.4 Å². The zero-order valence-corrected chi connectivity index (χ0v) is 14.3. The first-order chi connectivity index (χ1) is 9.81. The van der Waals surface area contributed by atoms with Crippen molar-refractivity contribution in [3.63, 3.8) is 0 Å². The van der Waals surface area contributed by atoms with Gasteiger partial charge < -0.3 is 4.90 Å². The predicted octanol–water partition coefficient (Wildman–Crippen LogP) is 4.83. The van der Waals surface area contributed by atoms with E-state index in [2.05, 4.69) is 46.7 Å². The Morgan fingerprint density at radius 3 is 2.48 bits per heavy atom. The standard InChI is InChI=1S/C16H19BrFN3/c1-5-21(12-8-6-7-11(18)9-12)14-10-13(17)19-15(20-14)16(2,3)4/h6-10H,5H2,1-4H3. The molecule has 0 bridgehead atoms. The Labute approximate surface area is 133 Å². The van der Waals surface area contributed by atoms with Gasteiger partial charge in [0.15, 0.2) is 0 Å². The molecular weight excluding hydrogens is 333 g/mol. The highest BCUT2D eigenvalue weighted by atomic mass is 79.9. The summed E-state index contributed by atoms with van der Waals surface area (Å²) in [5.74, 6) is 1.26. The van der Waals surface area contributed by atoms with Crippen LogP contribution in [0.1, 0.15) is 33.5 Å². The van der Waals surface area contributed by atoms with Crippen molar-refractivity contribution < 1.29 is 4.39 Å². The molecule has 0 amide bonds. The molecule has 0 unspecified atom stereocenters. The molecule has 2 aromatic rings. The molecule has 0 atom stereocenters. The van der Waals surface area contributed by atoms with Gasteiger partial charge in [-0.05, 0) is 41.1 Å². The van der Waals surface area contributed by atoms with Gasteiger partial charge in [-0.15, -0.1) is 0 Å². The minimum Gasteiger partial charge on any atom is -0.326 e. The maximum absolute atomic E-state index is 13.5. The fraction of sp³-hybridized carbons (Fsp3) is 0.375. The highest BCUT2D eigenvalue weighted by molar-refractivity contribution is 9.10. The fourth-order valence-corrected chi connectivity index (χ4v) is 2.37.